The molecule has 0 saturated heterocycles. The van der Waals surface area contributed by atoms with E-state index in [1.54, 1.807) is 24.3 Å². The molecule has 0 radical (unpaired) electrons. The van der Waals surface area contributed by atoms with E-state index in [0.717, 1.165) is 34.5 Å². The van der Waals surface area contributed by atoms with Crippen LogP contribution in [-0.2, 0) is 32.6 Å². The van der Waals surface area contributed by atoms with Gasteiger partial charge in [-0.15, -0.1) is 0 Å². The minimum absolute atomic E-state index is 0.0632. The molecule has 3 rings (SSSR count). The first-order chi connectivity index (χ1) is 19.0. The third-order valence-corrected chi connectivity index (χ3v) is 8.37. The maximum absolute atomic E-state index is 14.0. The molecule has 0 aliphatic rings. The number of sulfonamides is 1. The summed E-state index contributed by atoms with van der Waals surface area (Å²) in [5.74, 6) is -0.877. The highest BCUT2D eigenvalue weighted by atomic mass is 35.5. The van der Waals surface area contributed by atoms with Gasteiger partial charge in [-0.05, 0) is 47.9 Å². The van der Waals surface area contributed by atoms with Gasteiger partial charge < -0.3 is 10.2 Å². The normalized spacial score (nSPS) is 12.0. The van der Waals surface area contributed by atoms with Gasteiger partial charge >= 0.3 is 0 Å². The van der Waals surface area contributed by atoms with E-state index in [0.29, 0.717) is 11.6 Å². The molecular weight excluding hydrogens is 593 g/mol. The molecule has 2 amide bonds. The fraction of sp³-hybridized carbons (Fsp3) is 0.310. The van der Waals surface area contributed by atoms with Crippen LogP contribution in [0.2, 0.25) is 15.1 Å². The summed E-state index contributed by atoms with van der Waals surface area (Å²) in [6, 6.07) is 19.7. The van der Waals surface area contributed by atoms with Gasteiger partial charge in [0.05, 0.1) is 22.0 Å². The van der Waals surface area contributed by atoms with Crippen molar-refractivity contribution in [2.75, 3.05) is 23.7 Å². The predicted octanol–water partition coefficient (Wildman–Crippen LogP) is 5.97. The van der Waals surface area contributed by atoms with Gasteiger partial charge in [-0.25, -0.2) is 8.42 Å². The minimum atomic E-state index is -3.91. The van der Waals surface area contributed by atoms with Gasteiger partial charge in [0.15, 0.2) is 0 Å². The summed E-state index contributed by atoms with van der Waals surface area (Å²) < 4.78 is 26.6. The number of anilines is 1. The van der Waals surface area contributed by atoms with E-state index in [1.807, 2.05) is 37.3 Å². The Labute approximate surface area is 251 Å². The van der Waals surface area contributed by atoms with E-state index in [1.165, 1.54) is 23.1 Å². The number of hydrogen-bond acceptors (Lipinski definition) is 4. The van der Waals surface area contributed by atoms with E-state index in [9.17, 15) is 18.0 Å². The molecule has 0 spiro atoms. The molecule has 0 fully saturated rings. The van der Waals surface area contributed by atoms with Crippen LogP contribution in [0.25, 0.3) is 0 Å². The fourth-order valence-corrected chi connectivity index (χ4v) is 5.36. The molecule has 1 atom stereocenters. The van der Waals surface area contributed by atoms with Crippen molar-refractivity contribution in [2.45, 2.75) is 38.8 Å². The number of benzene rings is 3. The lowest BCUT2D eigenvalue weighted by Gasteiger charge is -2.33. The van der Waals surface area contributed by atoms with Crippen molar-refractivity contribution in [1.82, 2.24) is 10.2 Å². The van der Waals surface area contributed by atoms with Crippen LogP contribution < -0.4 is 9.62 Å². The van der Waals surface area contributed by atoms with E-state index in [4.69, 9.17) is 34.8 Å². The largest absolute Gasteiger partial charge is 0.354 e. The lowest BCUT2D eigenvalue weighted by Crippen LogP contribution is -2.53. The quantitative estimate of drug-likeness (QED) is 0.238. The summed E-state index contributed by atoms with van der Waals surface area (Å²) in [5, 5.41) is 3.88. The van der Waals surface area contributed by atoms with E-state index in [-0.39, 0.29) is 34.6 Å². The Morgan fingerprint density at radius 1 is 0.900 bits per heavy atom. The van der Waals surface area contributed by atoms with Crippen LogP contribution in [0.4, 0.5) is 5.69 Å². The first kappa shape index (κ1) is 31.7. The molecule has 7 nitrogen and oxygen atoms in total. The molecule has 11 heteroatoms. The van der Waals surface area contributed by atoms with Crippen LogP contribution in [-0.4, -0.2) is 50.5 Å². The maximum atomic E-state index is 14.0. The molecule has 214 valence electrons. The average Bonchev–Trinajstić information content (AvgIpc) is 2.92. The number of nitrogens with one attached hydrogen (secondary N) is 1. The number of nitrogens with zero attached hydrogens (tertiary/aromatic N) is 2. The Bertz CT molecular complexity index is 1400. The Morgan fingerprint density at radius 3 is 2.17 bits per heavy atom. The Kier molecular flexibility index (Phi) is 11.7. The molecule has 0 bridgehead atoms. The average molecular weight is 625 g/mol. The van der Waals surface area contributed by atoms with Crippen LogP contribution in [0.5, 0.6) is 0 Å². The number of amides is 2. The lowest BCUT2D eigenvalue weighted by atomic mass is 10.0. The minimum Gasteiger partial charge on any atom is -0.354 e. The molecular formula is C29H32Cl3N3O4S. The van der Waals surface area contributed by atoms with E-state index in [2.05, 4.69) is 5.32 Å². The lowest BCUT2D eigenvalue weighted by molar-refractivity contribution is -0.140. The summed E-state index contributed by atoms with van der Waals surface area (Å²) in [6.07, 6.45) is 2.92. The van der Waals surface area contributed by atoms with Crippen LogP contribution in [0.1, 0.15) is 30.9 Å². The molecule has 0 aromatic heterocycles. The number of unbranched alkanes of at least 4 members (excludes halogenated alkanes) is 1. The summed E-state index contributed by atoms with van der Waals surface area (Å²) in [5.41, 5.74) is 1.78. The van der Waals surface area contributed by atoms with Crippen molar-refractivity contribution >= 4 is 62.3 Å². The van der Waals surface area contributed by atoms with Crippen molar-refractivity contribution in [1.29, 1.82) is 0 Å². The second-order valence-electron chi connectivity index (χ2n) is 9.37. The monoisotopic (exact) mass is 623 g/mol. The number of carbonyl (C=O) groups is 2. The van der Waals surface area contributed by atoms with Crippen LogP contribution in [0.15, 0.2) is 72.8 Å². The van der Waals surface area contributed by atoms with Gasteiger partial charge in [-0.1, -0.05) is 90.6 Å². The second-order valence-corrected chi connectivity index (χ2v) is 12.5. The predicted molar refractivity (Wildman–Crippen MR) is 163 cm³/mol. The van der Waals surface area contributed by atoms with E-state index < -0.39 is 28.5 Å². The van der Waals surface area contributed by atoms with Crippen molar-refractivity contribution in [3.63, 3.8) is 0 Å². The number of carbonyl (C=O) groups excluding carboxylic acids is 2. The van der Waals surface area contributed by atoms with Gasteiger partial charge in [0, 0.05) is 24.5 Å². The Morgan fingerprint density at radius 2 is 1.57 bits per heavy atom. The number of rotatable bonds is 13. The summed E-state index contributed by atoms with van der Waals surface area (Å²) in [6.45, 7) is 2.00. The molecule has 0 unspecified atom stereocenters. The zero-order valence-electron chi connectivity index (χ0n) is 22.3. The number of halogens is 3. The van der Waals surface area contributed by atoms with Gasteiger partial charge in [0.25, 0.3) is 0 Å². The van der Waals surface area contributed by atoms with Crippen molar-refractivity contribution in [2.24, 2.45) is 0 Å². The van der Waals surface area contributed by atoms with Gasteiger partial charge in [-0.3, -0.25) is 13.9 Å². The van der Waals surface area contributed by atoms with Crippen molar-refractivity contribution < 1.29 is 18.0 Å². The van der Waals surface area contributed by atoms with Gasteiger partial charge in [0.2, 0.25) is 21.8 Å². The first-order valence-corrected chi connectivity index (χ1v) is 15.8. The zero-order valence-corrected chi connectivity index (χ0v) is 25.4. The van der Waals surface area contributed by atoms with Crippen LogP contribution in [0, 0.1) is 0 Å². The summed E-state index contributed by atoms with van der Waals surface area (Å²) in [4.78, 5) is 29.0. The van der Waals surface area contributed by atoms with Crippen LogP contribution >= 0.6 is 34.8 Å². The standard InChI is InChI=1S/C29H32Cl3N3O4S/c1-3-4-16-33-29(37)27(17-21-8-6-5-7-9-21)34(19-22-10-12-23(30)13-11-22)28(36)20-35(40(2,38)39)24-14-15-25(31)26(32)18-24/h5-15,18,27H,3-4,16-17,19-20H2,1-2H3,(H,33,37)/t27-/m0/s1. The topological polar surface area (TPSA) is 86.8 Å². The molecule has 1 N–H and O–H groups in total. The molecule has 0 aliphatic carbocycles. The fourth-order valence-electron chi connectivity index (χ4n) is 4.10. The third kappa shape index (κ3) is 9.13. The third-order valence-electron chi connectivity index (χ3n) is 6.24. The van der Waals surface area contributed by atoms with Gasteiger partial charge in [0.1, 0.15) is 12.6 Å². The number of hydrogen-bond donors (Lipinski definition) is 1. The van der Waals surface area contributed by atoms with Gasteiger partial charge in [-0.2, -0.15) is 0 Å². The first-order valence-electron chi connectivity index (χ1n) is 12.8. The van der Waals surface area contributed by atoms with E-state index >= 15 is 0 Å². The smallest absolute Gasteiger partial charge is 0.244 e. The molecule has 0 saturated carbocycles. The van der Waals surface area contributed by atoms with Crippen molar-refractivity contribution in [3.05, 3.63) is 99.0 Å². The SMILES string of the molecule is CCCCNC(=O)[C@H](Cc1ccccc1)N(Cc1ccc(Cl)cc1)C(=O)CN(c1ccc(Cl)c(Cl)c1)S(C)(=O)=O. The van der Waals surface area contributed by atoms with Crippen molar-refractivity contribution in [3.8, 4) is 0 Å². The molecule has 0 aliphatic heterocycles. The molecule has 0 heterocycles. The molecule has 40 heavy (non-hydrogen) atoms. The Balaban J connectivity index is 2.03. The highest BCUT2D eigenvalue weighted by Crippen LogP contribution is 2.29. The molecule has 3 aromatic rings. The highest BCUT2D eigenvalue weighted by Gasteiger charge is 2.33. The molecule has 3 aromatic carbocycles. The zero-order chi connectivity index (χ0) is 29.3. The Hall–Kier alpha value is -2.78. The second kappa shape index (κ2) is 14.7. The van der Waals surface area contributed by atoms with Crippen LogP contribution in [0.3, 0.4) is 0 Å². The summed E-state index contributed by atoms with van der Waals surface area (Å²) >= 11 is 18.3. The maximum Gasteiger partial charge on any atom is 0.244 e. The summed E-state index contributed by atoms with van der Waals surface area (Å²) in [7, 11) is -3.91. The highest BCUT2D eigenvalue weighted by molar-refractivity contribution is 7.92.